The molecule has 0 radical (unpaired) electrons. The highest BCUT2D eigenvalue weighted by atomic mass is 16.3. The molecule has 1 aliphatic heterocycles. The lowest BCUT2D eigenvalue weighted by Gasteiger charge is -2.28. The number of piperidine rings is 1. The van der Waals surface area contributed by atoms with Gasteiger partial charge in [-0.05, 0) is 38.8 Å². The lowest BCUT2D eigenvalue weighted by Crippen LogP contribution is -2.39. The molecule has 2 N–H and O–H groups in total. The Morgan fingerprint density at radius 1 is 1.15 bits per heavy atom. The molecule has 26 heavy (non-hydrogen) atoms. The van der Waals surface area contributed by atoms with Gasteiger partial charge < -0.3 is 15.3 Å². The predicted octanol–water partition coefficient (Wildman–Crippen LogP) is 2.28. The van der Waals surface area contributed by atoms with Crippen molar-refractivity contribution in [3.63, 3.8) is 0 Å². The molecule has 142 valence electrons. The minimum atomic E-state index is -0.398. The Morgan fingerprint density at radius 2 is 1.92 bits per heavy atom. The molecule has 7 heteroatoms. The van der Waals surface area contributed by atoms with E-state index in [1.54, 1.807) is 0 Å². The van der Waals surface area contributed by atoms with Crippen molar-refractivity contribution in [3.05, 3.63) is 12.0 Å². The lowest BCUT2D eigenvalue weighted by molar-refractivity contribution is 0.109. The smallest absolute Gasteiger partial charge is 0.163 e. The van der Waals surface area contributed by atoms with Crippen LogP contribution in [0.15, 0.2) is 6.20 Å². The zero-order chi connectivity index (χ0) is 17.9. The number of hydrogen-bond acceptors (Lipinski definition) is 6. The maximum Gasteiger partial charge on any atom is 0.163 e. The van der Waals surface area contributed by atoms with E-state index in [-0.39, 0.29) is 0 Å². The summed E-state index contributed by atoms with van der Waals surface area (Å²) in [5.41, 5.74) is 0.870. The molecule has 4 rings (SSSR count). The summed E-state index contributed by atoms with van der Waals surface area (Å²) in [5, 5.41) is 19.1. The fraction of sp³-hybridized carbons (Fsp3) is 0.737. The Kier molecular flexibility index (Phi) is 5.36. The van der Waals surface area contributed by atoms with E-state index in [1.165, 1.54) is 44.9 Å². The van der Waals surface area contributed by atoms with Gasteiger partial charge in [0.15, 0.2) is 5.65 Å². The van der Waals surface area contributed by atoms with Gasteiger partial charge in [-0.3, -0.25) is 4.68 Å². The standard InChI is InChI=1S/C19H30N6O/c1-24-19-16(12-21-24)18(22-17(23-19)14-7-3-4-8-14)20-11-15(26)13-25-9-5-2-6-10-25/h12,14-15,26H,2-11,13H2,1H3,(H,20,22,23)/t15-/m1/s1. The molecule has 0 unspecified atom stereocenters. The van der Waals surface area contributed by atoms with Gasteiger partial charge in [-0.15, -0.1) is 0 Å². The number of hydrogen-bond donors (Lipinski definition) is 2. The summed E-state index contributed by atoms with van der Waals surface area (Å²) in [6, 6.07) is 0. The van der Waals surface area contributed by atoms with E-state index in [4.69, 9.17) is 9.97 Å². The first-order valence-corrected chi connectivity index (χ1v) is 10.0. The normalized spacial score (nSPS) is 20.7. The topological polar surface area (TPSA) is 79.1 Å². The van der Waals surface area contributed by atoms with E-state index >= 15 is 0 Å². The highest BCUT2D eigenvalue weighted by Crippen LogP contribution is 2.34. The van der Waals surface area contributed by atoms with Gasteiger partial charge in [0.1, 0.15) is 11.6 Å². The fourth-order valence-electron chi connectivity index (χ4n) is 4.26. The average molecular weight is 358 g/mol. The third kappa shape index (κ3) is 3.83. The van der Waals surface area contributed by atoms with Crippen molar-refractivity contribution in [3.8, 4) is 0 Å². The second-order valence-corrected chi connectivity index (χ2v) is 7.81. The number of nitrogens with zero attached hydrogens (tertiary/aromatic N) is 5. The molecule has 0 aromatic carbocycles. The number of aliphatic hydroxyl groups is 1. The van der Waals surface area contributed by atoms with Gasteiger partial charge in [0.05, 0.1) is 17.7 Å². The number of anilines is 1. The van der Waals surface area contributed by atoms with E-state index < -0.39 is 6.10 Å². The third-order valence-electron chi connectivity index (χ3n) is 5.75. The van der Waals surface area contributed by atoms with Crippen molar-refractivity contribution in [2.24, 2.45) is 7.05 Å². The summed E-state index contributed by atoms with van der Waals surface area (Å²) in [4.78, 5) is 12.0. The fourth-order valence-corrected chi connectivity index (χ4v) is 4.26. The van der Waals surface area contributed by atoms with Crippen molar-refractivity contribution in [2.75, 3.05) is 31.5 Å². The maximum absolute atomic E-state index is 10.5. The molecule has 1 aliphatic carbocycles. The molecule has 0 amide bonds. The van der Waals surface area contributed by atoms with Crippen LogP contribution in [0.25, 0.3) is 11.0 Å². The molecular formula is C19H30N6O. The predicted molar refractivity (Wildman–Crippen MR) is 102 cm³/mol. The van der Waals surface area contributed by atoms with Gasteiger partial charge in [0, 0.05) is 26.1 Å². The molecular weight excluding hydrogens is 328 g/mol. The van der Waals surface area contributed by atoms with Gasteiger partial charge in [0.25, 0.3) is 0 Å². The molecule has 1 saturated carbocycles. The molecule has 0 bridgehead atoms. The van der Waals surface area contributed by atoms with Crippen LogP contribution in [0.4, 0.5) is 5.82 Å². The number of aryl methyl sites for hydroxylation is 1. The number of aliphatic hydroxyl groups excluding tert-OH is 1. The zero-order valence-electron chi connectivity index (χ0n) is 15.7. The quantitative estimate of drug-likeness (QED) is 0.825. The number of fused-ring (bicyclic) bond motifs is 1. The van der Waals surface area contributed by atoms with Gasteiger partial charge in [-0.1, -0.05) is 19.3 Å². The van der Waals surface area contributed by atoms with Crippen LogP contribution < -0.4 is 5.32 Å². The first-order valence-electron chi connectivity index (χ1n) is 10.0. The zero-order valence-corrected chi connectivity index (χ0v) is 15.7. The summed E-state index contributed by atoms with van der Waals surface area (Å²) in [7, 11) is 1.92. The number of nitrogens with one attached hydrogen (secondary N) is 1. The number of β-amino-alcohol motifs (C(OH)–C–C–N with tert-alkyl or cyclic N) is 1. The van der Waals surface area contributed by atoms with Crippen LogP contribution >= 0.6 is 0 Å². The summed E-state index contributed by atoms with van der Waals surface area (Å²) < 4.78 is 1.81. The minimum absolute atomic E-state index is 0.398. The molecule has 0 spiro atoms. The van der Waals surface area contributed by atoms with Gasteiger partial charge in [-0.2, -0.15) is 5.10 Å². The van der Waals surface area contributed by atoms with Crippen LogP contribution in [-0.2, 0) is 7.05 Å². The summed E-state index contributed by atoms with van der Waals surface area (Å²) in [6.45, 7) is 3.43. The van der Waals surface area contributed by atoms with E-state index in [9.17, 15) is 5.11 Å². The van der Waals surface area contributed by atoms with Crippen LogP contribution in [0.5, 0.6) is 0 Å². The van der Waals surface area contributed by atoms with Gasteiger partial charge in [0.2, 0.25) is 0 Å². The van der Waals surface area contributed by atoms with E-state index in [2.05, 4.69) is 15.3 Å². The van der Waals surface area contributed by atoms with Crippen LogP contribution in [0.1, 0.15) is 56.7 Å². The lowest BCUT2D eigenvalue weighted by atomic mass is 10.1. The van der Waals surface area contributed by atoms with Crippen LogP contribution in [0.3, 0.4) is 0 Å². The number of aromatic nitrogens is 4. The SMILES string of the molecule is Cn1ncc2c(NC[C@@H](O)CN3CCCCC3)nc(C3CCCC3)nc21. The Bertz CT molecular complexity index is 733. The first-order chi connectivity index (χ1) is 12.7. The molecule has 1 saturated heterocycles. The Morgan fingerprint density at radius 3 is 2.69 bits per heavy atom. The van der Waals surface area contributed by atoms with Crippen LogP contribution in [0.2, 0.25) is 0 Å². The van der Waals surface area contributed by atoms with Crippen LogP contribution in [-0.4, -0.2) is 62.0 Å². The maximum atomic E-state index is 10.5. The largest absolute Gasteiger partial charge is 0.390 e. The molecule has 2 aliphatic rings. The highest BCUT2D eigenvalue weighted by Gasteiger charge is 2.23. The molecule has 2 aromatic rings. The van der Waals surface area contributed by atoms with Gasteiger partial charge >= 0.3 is 0 Å². The second kappa shape index (κ2) is 7.88. The average Bonchev–Trinajstić information content (AvgIpc) is 3.31. The van der Waals surface area contributed by atoms with E-state index in [1.807, 2.05) is 17.9 Å². The molecule has 7 nitrogen and oxygen atoms in total. The van der Waals surface area contributed by atoms with Crippen molar-refractivity contribution >= 4 is 16.9 Å². The summed E-state index contributed by atoms with van der Waals surface area (Å²) in [6.07, 6.45) is 10.1. The number of likely N-dealkylation sites (tertiary alicyclic amines) is 1. The molecule has 2 fully saturated rings. The third-order valence-corrected chi connectivity index (χ3v) is 5.75. The van der Waals surface area contributed by atoms with Gasteiger partial charge in [-0.25, -0.2) is 9.97 Å². The van der Waals surface area contributed by atoms with Crippen molar-refractivity contribution in [1.82, 2.24) is 24.6 Å². The van der Waals surface area contributed by atoms with Crippen molar-refractivity contribution in [2.45, 2.75) is 57.0 Å². The Labute approximate surface area is 154 Å². The Hall–Kier alpha value is -1.73. The summed E-state index contributed by atoms with van der Waals surface area (Å²) >= 11 is 0. The first kappa shape index (κ1) is 17.7. The van der Waals surface area contributed by atoms with Crippen molar-refractivity contribution < 1.29 is 5.11 Å². The van der Waals surface area contributed by atoms with E-state index in [0.29, 0.717) is 12.5 Å². The van der Waals surface area contributed by atoms with Crippen LogP contribution in [0, 0.1) is 0 Å². The Balaban J connectivity index is 1.47. The highest BCUT2D eigenvalue weighted by molar-refractivity contribution is 5.86. The molecule has 1 atom stereocenters. The van der Waals surface area contributed by atoms with E-state index in [0.717, 1.165) is 42.3 Å². The number of rotatable bonds is 6. The van der Waals surface area contributed by atoms with Crippen molar-refractivity contribution in [1.29, 1.82) is 0 Å². The minimum Gasteiger partial charge on any atom is -0.390 e. The second-order valence-electron chi connectivity index (χ2n) is 7.81. The molecule has 3 heterocycles. The monoisotopic (exact) mass is 358 g/mol. The summed E-state index contributed by atoms with van der Waals surface area (Å²) in [5.74, 6) is 2.18. The molecule has 2 aromatic heterocycles.